The molecule has 1 unspecified atom stereocenters. The van der Waals surface area contributed by atoms with Crippen molar-refractivity contribution in [2.75, 3.05) is 0 Å². The van der Waals surface area contributed by atoms with Crippen molar-refractivity contribution >= 4 is 16.6 Å². The summed E-state index contributed by atoms with van der Waals surface area (Å²) in [4.78, 5) is 26.1. The quantitative estimate of drug-likeness (QED) is 0.422. The molecule has 142 valence electrons. The predicted molar refractivity (Wildman–Crippen MR) is 106 cm³/mol. The zero-order valence-electron chi connectivity index (χ0n) is 15.0. The van der Waals surface area contributed by atoms with Crippen molar-refractivity contribution < 1.29 is 14.4 Å². The van der Waals surface area contributed by atoms with Crippen molar-refractivity contribution in [1.82, 2.24) is 4.98 Å². The van der Waals surface area contributed by atoms with Crippen molar-refractivity contribution in [3.8, 4) is 11.5 Å². The second-order valence-electron chi connectivity index (χ2n) is 6.65. The molecule has 0 aliphatic carbocycles. The van der Waals surface area contributed by atoms with Crippen molar-refractivity contribution in [3.05, 3.63) is 110 Å². The summed E-state index contributed by atoms with van der Waals surface area (Å²) in [6.07, 6.45) is 0. The number of benzene rings is 3. The van der Waals surface area contributed by atoms with Crippen LogP contribution in [0.2, 0.25) is 0 Å². The van der Waals surface area contributed by atoms with E-state index >= 15 is 0 Å². The molecule has 1 aliphatic heterocycles. The number of nitrogens with one attached hydrogen (secondary N) is 1. The zero-order valence-corrected chi connectivity index (χ0v) is 15.0. The number of fused-ring (bicyclic) bond motifs is 3. The molecule has 0 saturated heterocycles. The molecule has 0 fully saturated rings. The highest BCUT2D eigenvalue weighted by Crippen LogP contribution is 2.48. The van der Waals surface area contributed by atoms with Gasteiger partial charge in [-0.1, -0.05) is 42.5 Å². The average Bonchev–Trinajstić information content (AvgIpc) is 3.18. The molecule has 0 saturated carbocycles. The van der Waals surface area contributed by atoms with Gasteiger partial charge in [0.25, 0.3) is 11.2 Å². The van der Waals surface area contributed by atoms with Crippen LogP contribution in [0.25, 0.3) is 10.9 Å². The number of aromatic nitrogens is 1. The van der Waals surface area contributed by atoms with Gasteiger partial charge in [0, 0.05) is 28.6 Å². The van der Waals surface area contributed by atoms with Crippen LogP contribution in [-0.4, -0.2) is 9.91 Å². The van der Waals surface area contributed by atoms with Crippen LogP contribution in [0.3, 0.4) is 0 Å². The van der Waals surface area contributed by atoms with Crippen LogP contribution in [0.1, 0.15) is 11.1 Å². The van der Waals surface area contributed by atoms with Crippen LogP contribution < -0.4 is 15.0 Å². The topological polar surface area (TPSA) is 94.5 Å². The lowest BCUT2D eigenvalue weighted by molar-refractivity contribution is -0.384. The number of hydrogen-bond acceptors (Lipinski definition) is 5. The number of aromatic amines is 1. The Morgan fingerprint density at radius 3 is 2.14 bits per heavy atom. The summed E-state index contributed by atoms with van der Waals surface area (Å²) in [6.45, 7) is 0. The summed E-state index contributed by atoms with van der Waals surface area (Å²) < 4.78 is 12.5. The highest BCUT2D eigenvalue weighted by Gasteiger charge is 2.47. The van der Waals surface area contributed by atoms with E-state index in [0.717, 1.165) is 0 Å². The average molecular weight is 386 g/mol. The van der Waals surface area contributed by atoms with Crippen LogP contribution in [-0.2, 0) is 5.79 Å². The Bertz CT molecular complexity index is 1300. The lowest BCUT2D eigenvalue weighted by atomic mass is 9.97. The second kappa shape index (κ2) is 6.20. The van der Waals surface area contributed by atoms with Crippen LogP contribution in [0, 0.1) is 10.1 Å². The Balaban J connectivity index is 1.75. The Morgan fingerprint density at radius 2 is 1.41 bits per heavy atom. The van der Waals surface area contributed by atoms with Crippen molar-refractivity contribution in [2.45, 2.75) is 5.79 Å². The molecule has 0 spiro atoms. The Hall–Kier alpha value is -4.13. The number of hydrogen-bond donors (Lipinski definition) is 1. The number of para-hydroxylation sites is 1. The number of nitro groups is 1. The molecule has 0 radical (unpaired) electrons. The minimum absolute atomic E-state index is 0.0456. The van der Waals surface area contributed by atoms with Gasteiger partial charge in [-0.3, -0.25) is 14.9 Å². The van der Waals surface area contributed by atoms with E-state index in [9.17, 15) is 14.9 Å². The number of rotatable bonds is 3. The van der Waals surface area contributed by atoms with E-state index in [0.29, 0.717) is 27.8 Å². The highest BCUT2D eigenvalue weighted by atomic mass is 16.7. The Labute approximate surface area is 164 Å². The summed E-state index contributed by atoms with van der Waals surface area (Å²) in [7, 11) is 0. The first-order valence-electron chi connectivity index (χ1n) is 8.92. The van der Waals surface area contributed by atoms with Gasteiger partial charge in [0.05, 0.1) is 10.4 Å². The summed E-state index contributed by atoms with van der Waals surface area (Å²) >= 11 is 0. The number of nitrogens with zero attached hydrogens (tertiary/aromatic N) is 1. The van der Waals surface area contributed by atoms with Crippen LogP contribution >= 0.6 is 0 Å². The minimum Gasteiger partial charge on any atom is -0.439 e. The molecule has 7 nitrogen and oxygen atoms in total. The maximum Gasteiger partial charge on any atom is 0.305 e. The van der Waals surface area contributed by atoms with Crippen molar-refractivity contribution in [2.24, 2.45) is 0 Å². The number of pyridine rings is 1. The molecule has 4 aromatic rings. The smallest absolute Gasteiger partial charge is 0.305 e. The van der Waals surface area contributed by atoms with Gasteiger partial charge < -0.3 is 14.5 Å². The molecule has 2 heterocycles. The van der Waals surface area contributed by atoms with E-state index in [1.165, 1.54) is 12.1 Å². The fourth-order valence-corrected chi connectivity index (χ4v) is 3.56. The van der Waals surface area contributed by atoms with Crippen molar-refractivity contribution in [3.63, 3.8) is 0 Å². The van der Waals surface area contributed by atoms with E-state index < -0.39 is 16.3 Å². The molecule has 7 heteroatoms. The normalized spacial score (nSPS) is 17.4. The van der Waals surface area contributed by atoms with E-state index in [2.05, 4.69) is 4.98 Å². The maximum absolute atomic E-state index is 12.7. The first-order valence-corrected chi connectivity index (χ1v) is 8.92. The lowest BCUT2D eigenvalue weighted by Gasteiger charge is -2.28. The molecule has 1 N–H and O–H groups in total. The van der Waals surface area contributed by atoms with Crippen molar-refractivity contribution in [1.29, 1.82) is 0 Å². The minimum atomic E-state index is -1.43. The summed E-state index contributed by atoms with van der Waals surface area (Å²) in [5.41, 5.74) is 1.38. The van der Waals surface area contributed by atoms with E-state index in [1.807, 2.05) is 48.5 Å². The third-order valence-corrected chi connectivity index (χ3v) is 4.94. The first-order chi connectivity index (χ1) is 14.1. The summed E-state index contributed by atoms with van der Waals surface area (Å²) in [5, 5.41) is 11.8. The van der Waals surface area contributed by atoms with Gasteiger partial charge in [-0.2, -0.15) is 0 Å². The second-order valence-corrected chi connectivity index (χ2v) is 6.65. The molecule has 1 aliphatic rings. The van der Waals surface area contributed by atoms with E-state index in [1.54, 1.807) is 18.2 Å². The monoisotopic (exact) mass is 386 g/mol. The SMILES string of the molecule is O=c1[nH]c2ccccc2c2c1OC(c1ccccc1)(c1ccc([N+](=O)[O-])cc1)O2. The van der Waals surface area contributed by atoms with Crippen LogP contribution in [0.4, 0.5) is 5.69 Å². The molecule has 0 amide bonds. The fraction of sp³-hybridized carbons (Fsp3) is 0.0455. The van der Waals surface area contributed by atoms with Crippen LogP contribution in [0.5, 0.6) is 11.5 Å². The lowest BCUT2D eigenvalue weighted by Crippen LogP contribution is -2.37. The molecule has 1 atom stereocenters. The van der Waals surface area contributed by atoms with Gasteiger partial charge in [-0.25, -0.2) is 0 Å². The Morgan fingerprint density at radius 1 is 0.793 bits per heavy atom. The summed E-state index contributed by atoms with van der Waals surface area (Å²) in [5.74, 6) is -1.02. The van der Waals surface area contributed by atoms with E-state index in [4.69, 9.17) is 9.47 Å². The largest absolute Gasteiger partial charge is 0.439 e. The maximum atomic E-state index is 12.7. The molecule has 3 aromatic carbocycles. The van der Waals surface area contributed by atoms with Gasteiger partial charge in [0.15, 0.2) is 5.75 Å². The number of H-pyrrole nitrogens is 1. The molecular weight excluding hydrogens is 372 g/mol. The predicted octanol–water partition coefficient (Wildman–Crippen LogP) is 4.11. The number of ether oxygens (including phenoxy) is 2. The van der Waals surface area contributed by atoms with Gasteiger partial charge in [0.2, 0.25) is 5.75 Å². The highest BCUT2D eigenvalue weighted by molar-refractivity contribution is 5.88. The number of nitro benzene ring substituents is 1. The number of non-ortho nitro benzene ring substituents is 1. The molecular formula is C22H14N2O5. The molecule has 29 heavy (non-hydrogen) atoms. The fourth-order valence-electron chi connectivity index (χ4n) is 3.56. The van der Waals surface area contributed by atoms with Crippen LogP contribution in [0.15, 0.2) is 83.7 Å². The summed E-state index contributed by atoms with van der Waals surface area (Å²) in [6, 6.07) is 22.4. The molecule has 5 rings (SSSR count). The molecule has 0 bridgehead atoms. The third kappa shape index (κ3) is 2.55. The first kappa shape index (κ1) is 17.0. The zero-order chi connectivity index (χ0) is 20.0. The third-order valence-electron chi connectivity index (χ3n) is 4.94. The molecule has 1 aromatic heterocycles. The van der Waals surface area contributed by atoms with Gasteiger partial charge >= 0.3 is 5.79 Å². The Kier molecular flexibility index (Phi) is 3.64. The van der Waals surface area contributed by atoms with E-state index in [-0.39, 0.29) is 11.4 Å². The van der Waals surface area contributed by atoms with Gasteiger partial charge in [-0.15, -0.1) is 0 Å². The van der Waals surface area contributed by atoms with Gasteiger partial charge in [0.1, 0.15) is 0 Å². The standard InChI is InChI=1S/C22H14N2O5/c25-21-20-19(17-8-4-5-9-18(17)23-21)28-22(29-20,14-6-2-1-3-7-14)15-10-12-16(13-11-15)24(26)27/h1-13H,(H,23,25). The van der Waals surface area contributed by atoms with Gasteiger partial charge in [-0.05, 0) is 24.3 Å².